The second-order valence-corrected chi connectivity index (χ2v) is 14.4. The van der Waals surface area contributed by atoms with Gasteiger partial charge in [-0.2, -0.15) is 5.10 Å². The number of methoxy groups -OCH3 is 1. The molecular weight excluding hydrogens is 651 g/mol. The number of benzene rings is 2. The van der Waals surface area contributed by atoms with E-state index in [4.69, 9.17) is 48.2 Å². The van der Waals surface area contributed by atoms with Crippen LogP contribution in [0.25, 0.3) is 16.6 Å². The van der Waals surface area contributed by atoms with E-state index in [0.717, 1.165) is 67.7 Å². The largest absolute Gasteiger partial charge is 0.493 e. The Morgan fingerprint density at radius 1 is 1.00 bits per heavy atom. The van der Waals surface area contributed by atoms with Crippen LogP contribution in [0.2, 0.25) is 10.0 Å². The van der Waals surface area contributed by atoms with Gasteiger partial charge < -0.3 is 29.7 Å². The molecule has 2 aliphatic heterocycles. The van der Waals surface area contributed by atoms with Crippen molar-refractivity contribution in [1.82, 2.24) is 24.4 Å². The predicted molar refractivity (Wildman–Crippen MR) is 190 cm³/mol. The minimum Gasteiger partial charge on any atom is -0.493 e. The van der Waals surface area contributed by atoms with E-state index in [1.807, 2.05) is 48.4 Å². The molecule has 6 rings (SSSR count). The van der Waals surface area contributed by atoms with Crippen molar-refractivity contribution >= 4 is 40.6 Å². The highest BCUT2D eigenvalue weighted by atomic mass is 35.5. The zero-order valence-electron chi connectivity index (χ0n) is 28.1. The second-order valence-electron chi connectivity index (χ2n) is 13.6. The average molecular weight is 696 g/mol. The number of nitrogens with two attached hydrogens (primary N) is 1. The van der Waals surface area contributed by atoms with E-state index >= 15 is 0 Å². The first-order valence-electron chi connectivity index (χ1n) is 16.7. The molecule has 0 aliphatic carbocycles. The summed E-state index contributed by atoms with van der Waals surface area (Å²) in [6.07, 6.45) is 7.18. The van der Waals surface area contributed by atoms with E-state index < -0.39 is 5.60 Å². The summed E-state index contributed by atoms with van der Waals surface area (Å²) in [6.45, 7) is 10.2. The van der Waals surface area contributed by atoms with E-state index in [1.54, 1.807) is 25.3 Å². The van der Waals surface area contributed by atoms with Crippen molar-refractivity contribution in [2.24, 2.45) is 0 Å². The van der Waals surface area contributed by atoms with Crippen molar-refractivity contribution in [3.8, 4) is 28.4 Å². The first-order valence-corrected chi connectivity index (χ1v) is 17.4. The molecule has 0 saturated carbocycles. The summed E-state index contributed by atoms with van der Waals surface area (Å²) in [5, 5.41) is 5.63. The number of aromatic nitrogens is 3. The van der Waals surface area contributed by atoms with Gasteiger partial charge in [0.15, 0.2) is 17.3 Å². The molecule has 2 saturated heterocycles. The van der Waals surface area contributed by atoms with Crippen LogP contribution < -0.4 is 15.2 Å². The highest BCUT2D eigenvalue weighted by Crippen LogP contribution is 2.44. The quantitative estimate of drug-likeness (QED) is 0.187. The van der Waals surface area contributed by atoms with Crippen molar-refractivity contribution in [1.29, 1.82) is 0 Å². The van der Waals surface area contributed by atoms with Crippen molar-refractivity contribution < 1.29 is 19.0 Å². The lowest BCUT2D eigenvalue weighted by Crippen LogP contribution is -2.41. The van der Waals surface area contributed by atoms with Crippen molar-refractivity contribution in [3.63, 3.8) is 0 Å². The van der Waals surface area contributed by atoms with Crippen LogP contribution in [0.5, 0.6) is 17.2 Å². The van der Waals surface area contributed by atoms with Gasteiger partial charge in [0.05, 0.1) is 17.2 Å². The molecule has 12 heteroatoms. The summed E-state index contributed by atoms with van der Waals surface area (Å²) < 4.78 is 19.7. The molecule has 4 aromatic rings. The topological polar surface area (TPSA) is 107 Å². The van der Waals surface area contributed by atoms with Gasteiger partial charge in [0.25, 0.3) is 0 Å². The maximum absolute atomic E-state index is 12.9. The van der Waals surface area contributed by atoms with Crippen LogP contribution in [-0.2, 0) is 11.2 Å². The number of nitrogens with zero attached hydrogens (tertiary/aromatic N) is 5. The van der Waals surface area contributed by atoms with Gasteiger partial charge in [0.1, 0.15) is 23.2 Å². The summed E-state index contributed by atoms with van der Waals surface area (Å²) in [5.41, 5.74) is 11.2. The van der Waals surface area contributed by atoms with Crippen molar-refractivity contribution in [2.45, 2.75) is 70.8 Å². The molecule has 0 radical (unpaired) electrons. The summed E-state index contributed by atoms with van der Waals surface area (Å²) in [7, 11) is 1.62. The molecule has 2 fully saturated rings. The number of carbonyl (C=O) groups is 1. The number of fused-ring (bicyclic) bond motifs is 1. The Labute approximate surface area is 292 Å². The molecule has 2 aromatic heterocycles. The molecule has 10 nitrogen and oxygen atoms in total. The molecule has 4 heterocycles. The molecule has 48 heavy (non-hydrogen) atoms. The Kier molecular flexibility index (Phi) is 10.2. The number of hydrogen-bond acceptors (Lipinski definition) is 8. The number of carbonyl (C=O) groups excluding carboxylic acids is 1. The Morgan fingerprint density at radius 3 is 2.44 bits per heavy atom. The van der Waals surface area contributed by atoms with Gasteiger partial charge in [-0.15, -0.1) is 0 Å². The van der Waals surface area contributed by atoms with Crippen LogP contribution in [0, 0.1) is 0 Å². The molecule has 2 N–H and O–H groups in total. The van der Waals surface area contributed by atoms with Gasteiger partial charge >= 0.3 is 6.09 Å². The average Bonchev–Trinajstić information content (AvgIpc) is 3.69. The van der Waals surface area contributed by atoms with Gasteiger partial charge in [-0.1, -0.05) is 29.3 Å². The summed E-state index contributed by atoms with van der Waals surface area (Å²) in [6, 6.07) is 11.0. The fraction of sp³-hybridized carbons (Fsp3) is 0.472. The van der Waals surface area contributed by atoms with E-state index in [-0.39, 0.29) is 12.0 Å². The van der Waals surface area contributed by atoms with Crippen molar-refractivity contribution in [3.05, 3.63) is 64.0 Å². The standard InChI is InChI=1S/C36H44Cl2N6O4/c1-36(2,3)48-35(45)43-18-13-23(14-19-43)32-26(8-7-17-42-15-5-6-16-42)31(33-34(39)40-22-41-44(32)33)24-9-12-29(30(20-24)46-4)47-25-10-11-27(37)28(38)21-25/h9-12,20-23H,5-8,13-19H2,1-4H3,(H2,39,40,41). The van der Waals surface area contributed by atoms with Gasteiger partial charge in [0.2, 0.25) is 0 Å². The van der Waals surface area contributed by atoms with Gasteiger partial charge in [-0.3, -0.25) is 0 Å². The van der Waals surface area contributed by atoms with E-state index in [9.17, 15) is 4.79 Å². The van der Waals surface area contributed by atoms with Crippen LogP contribution in [-0.4, -0.2) is 75.9 Å². The highest BCUT2D eigenvalue weighted by molar-refractivity contribution is 6.42. The monoisotopic (exact) mass is 694 g/mol. The first-order chi connectivity index (χ1) is 23.0. The number of anilines is 1. The normalized spacial score (nSPS) is 16.1. The number of likely N-dealkylation sites (tertiary alicyclic amines) is 2. The van der Waals surface area contributed by atoms with Crippen LogP contribution in [0.4, 0.5) is 10.6 Å². The van der Waals surface area contributed by atoms with Crippen molar-refractivity contribution in [2.75, 3.05) is 45.6 Å². The van der Waals surface area contributed by atoms with Gasteiger partial charge in [-0.05, 0) is 114 Å². The Morgan fingerprint density at radius 2 is 1.75 bits per heavy atom. The second kappa shape index (κ2) is 14.4. The summed E-state index contributed by atoms with van der Waals surface area (Å²) in [5.74, 6) is 2.22. The van der Waals surface area contributed by atoms with E-state index in [0.29, 0.717) is 46.2 Å². The van der Waals surface area contributed by atoms with Gasteiger partial charge in [0, 0.05) is 36.3 Å². The molecule has 2 aliphatic rings. The number of amides is 1. The minimum absolute atomic E-state index is 0.167. The third-order valence-electron chi connectivity index (χ3n) is 9.10. The zero-order valence-corrected chi connectivity index (χ0v) is 29.6. The maximum Gasteiger partial charge on any atom is 0.410 e. The van der Waals surface area contributed by atoms with Crippen LogP contribution >= 0.6 is 23.2 Å². The summed E-state index contributed by atoms with van der Waals surface area (Å²) in [4.78, 5) is 21.7. The molecule has 0 atom stereocenters. The van der Waals surface area contributed by atoms with E-state index in [2.05, 4.69) is 9.88 Å². The first kappa shape index (κ1) is 34.1. The SMILES string of the molecule is COc1cc(-c2c(CCCN3CCCC3)c(C3CCN(C(=O)OC(C)(C)C)CC3)n3ncnc(N)c23)ccc1Oc1ccc(Cl)c(Cl)c1. The zero-order chi connectivity index (χ0) is 34.0. The molecule has 2 aromatic carbocycles. The molecule has 0 bridgehead atoms. The maximum atomic E-state index is 12.9. The minimum atomic E-state index is -0.541. The number of ether oxygens (including phenoxy) is 3. The third-order valence-corrected chi connectivity index (χ3v) is 9.84. The lowest BCUT2D eigenvalue weighted by atomic mass is 9.87. The number of halogens is 2. The smallest absolute Gasteiger partial charge is 0.410 e. The van der Waals surface area contributed by atoms with Crippen LogP contribution in [0.3, 0.4) is 0 Å². The highest BCUT2D eigenvalue weighted by Gasteiger charge is 2.33. The fourth-order valence-electron chi connectivity index (χ4n) is 6.89. The van der Waals surface area contributed by atoms with Gasteiger partial charge in [-0.25, -0.2) is 14.3 Å². The third kappa shape index (κ3) is 7.46. The lowest BCUT2D eigenvalue weighted by Gasteiger charge is -2.33. The predicted octanol–water partition coefficient (Wildman–Crippen LogP) is 8.23. The Balaban J connectivity index is 1.39. The lowest BCUT2D eigenvalue weighted by molar-refractivity contribution is 0.0203. The molecule has 0 unspecified atom stereocenters. The Hall–Kier alpha value is -3.73. The van der Waals surface area contributed by atoms with E-state index in [1.165, 1.54) is 24.7 Å². The summed E-state index contributed by atoms with van der Waals surface area (Å²) >= 11 is 12.4. The molecular formula is C36H44Cl2N6O4. The number of rotatable bonds is 9. The molecule has 1 amide bonds. The molecule has 0 spiro atoms. The van der Waals surface area contributed by atoms with Crippen LogP contribution in [0.15, 0.2) is 42.7 Å². The fourth-order valence-corrected chi connectivity index (χ4v) is 7.18. The number of hydrogen-bond donors (Lipinski definition) is 1. The molecule has 256 valence electrons. The Bertz CT molecular complexity index is 1770. The van der Waals surface area contributed by atoms with Crippen LogP contribution in [0.1, 0.15) is 70.1 Å². The number of piperidine rings is 1. The number of nitrogen functional groups attached to an aromatic ring is 1.